The van der Waals surface area contributed by atoms with E-state index in [1.807, 2.05) is 13.8 Å². The molecule has 166 valence electrons. The minimum atomic E-state index is -0.750. The maximum atomic E-state index is 13.2. The zero-order valence-corrected chi connectivity index (χ0v) is 19.7. The van der Waals surface area contributed by atoms with Crippen molar-refractivity contribution in [3.63, 3.8) is 0 Å². The molecule has 0 radical (unpaired) electrons. The number of nitro groups is 1. The minimum Gasteiger partial charge on any atom is -0.419 e. The second-order valence-electron chi connectivity index (χ2n) is 7.00. The second-order valence-corrected chi connectivity index (χ2v) is 8.35. The van der Waals surface area contributed by atoms with E-state index in [0.717, 1.165) is 17.7 Å². The second kappa shape index (κ2) is 9.58. The summed E-state index contributed by atoms with van der Waals surface area (Å²) in [6.07, 6.45) is 1.89. The van der Waals surface area contributed by atoms with Gasteiger partial charge in [0.15, 0.2) is 0 Å². The fourth-order valence-electron chi connectivity index (χ4n) is 2.99. The van der Waals surface area contributed by atoms with Crippen LogP contribution in [0.5, 0.6) is 5.75 Å². The molecule has 0 aliphatic carbocycles. The van der Waals surface area contributed by atoms with Crippen molar-refractivity contribution in [3.8, 4) is 5.75 Å². The van der Waals surface area contributed by atoms with Crippen LogP contribution in [0.4, 0.5) is 5.69 Å². The van der Waals surface area contributed by atoms with Gasteiger partial charge in [-0.15, -0.1) is 0 Å². The standard InChI is InChI=1S/C21H18BrClN4O5/c1-4-11(2)20-25-17-6-5-14(22)8-16(17)21(29)26(20)24-10-13-7-15(23)9-18(27(30)31)19(13)32-12(3)28/h5-11H,4H2,1-3H3/t11-/m1/s1. The molecule has 11 heteroatoms. The molecule has 0 fully saturated rings. The van der Waals surface area contributed by atoms with Gasteiger partial charge < -0.3 is 4.74 Å². The maximum absolute atomic E-state index is 13.2. The number of carbonyl (C=O) groups is 1. The Morgan fingerprint density at radius 3 is 2.75 bits per heavy atom. The summed E-state index contributed by atoms with van der Waals surface area (Å²) in [6.45, 7) is 4.98. The molecule has 0 saturated heterocycles. The quantitative estimate of drug-likeness (QED) is 0.147. The SMILES string of the molecule is CC[C@@H](C)c1nc2ccc(Br)cc2c(=O)n1N=Cc1cc(Cl)cc([N+](=O)[O-])c1OC(C)=O. The van der Waals surface area contributed by atoms with E-state index in [-0.39, 0.29) is 22.3 Å². The van der Waals surface area contributed by atoms with Crippen molar-refractivity contribution in [2.45, 2.75) is 33.1 Å². The van der Waals surface area contributed by atoms with Crippen molar-refractivity contribution in [2.75, 3.05) is 0 Å². The highest BCUT2D eigenvalue weighted by molar-refractivity contribution is 9.10. The minimum absolute atomic E-state index is 0.0455. The Balaban J connectivity index is 2.26. The summed E-state index contributed by atoms with van der Waals surface area (Å²) in [5, 5.41) is 16.1. The number of benzene rings is 2. The molecule has 9 nitrogen and oxygen atoms in total. The van der Waals surface area contributed by atoms with Gasteiger partial charge in [-0.2, -0.15) is 9.78 Å². The van der Waals surface area contributed by atoms with Gasteiger partial charge in [-0.1, -0.05) is 41.4 Å². The molecule has 0 unspecified atom stereocenters. The molecule has 0 bridgehead atoms. The fourth-order valence-corrected chi connectivity index (χ4v) is 3.57. The van der Waals surface area contributed by atoms with Crippen LogP contribution in [0.2, 0.25) is 5.02 Å². The molecule has 0 saturated carbocycles. The number of rotatable bonds is 6. The summed E-state index contributed by atoms with van der Waals surface area (Å²) in [4.78, 5) is 40.1. The molecule has 0 N–H and O–H groups in total. The van der Waals surface area contributed by atoms with Gasteiger partial charge in [0.2, 0.25) is 5.75 Å². The molecule has 0 aliphatic heterocycles. The van der Waals surface area contributed by atoms with Crippen molar-refractivity contribution >= 4 is 56.3 Å². The highest BCUT2D eigenvalue weighted by Crippen LogP contribution is 2.34. The van der Waals surface area contributed by atoms with E-state index >= 15 is 0 Å². The Bertz CT molecular complexity index is 1320. The number of hydrogen-bond acceptors (Lipinski definition) is 7. The van der Waals surface area contributed by atoms with Crippen LogP contribution in [0, 0.1) is 10.1 Å². The number of halogens is 2. The first-order chi connectivity index (χ1) is 15.1. The summed E-state index contributed by atoms with van der Waals surface area (Å²) in [7, 11) is 0. The number of esters is 1. The third-order valence-electron chi connectivity index (χ3n) is 4.70. The molecule has 0 amide bonds. The number of hydrogen-bond donors (Lipinski definition) is 0. The van der Waals surface area contributed by atoms with Gasteiger partial charge in [0.1, 0.15) is 5.82 Å². The lowest BCUT2D eigenvalue weighted by Crippen LogP contribution is -2.23. The zero-order valence-electron chi connectivity index (χ0n) is 17.3. The zero-order chi connectivity index (χ0) is 23.6. The molecular formula is C21H18BrClN4O5. The first-order valence-electron chi connectivity index (χ1n) is 9.55. The topological polar surface area (TPSA) is 117 Å². The fraction of sp³-hybridized carbons (Fsp3) is 0.238. The molecule has 1 heterocycles. The number of ether oxygens (including phenoxy) is 1. The Morgan fingerprint density at radius 1 is 1.41 bits per heavy atom. The highest BCUT2D eigenvalue weighted by atomic mass is 79.9. The summed E-state index contributed by atoms with van der Waals surface area (Å²) < 4.78 is 6.91. The average Bonchev–Trinajstić information content (AvgIpc) is 2.73. The van der Waals surface area contributed by atoms with Gasteiger partial charge in [0.05, 0.1) is 22.0 Å². The van der Waals surface area contributed by atoms with Crippen molar-refractivity contribution in [3.05, 3.63) is 71.7 Å². The van der Waals surface area contributed by atoms with Crippen molar-refractivity contribution in [1.82, 2.24) is 9.66 Å². The lowest BCUT2D eigenvalue weighted by molar-refractivity contribution is -0.385. The summed E-state index contributed by atoms with van der Waals surface area (Å²) in [5.74, 6) is -0.742. The van der Waals surface area contributed by atoms with Gasteiger partial charge in [-0.3, -0.25) is 19.7 Å². The Hall–Kier alpha value is -3.11. The largest absolute Gasteiger partial charge is 0.419 e. The predicted molar refractivity (Wildman–Crippen MR) is 125 cm³/mol. The third kappa shape index (κ3) is 4.86. The summed E-state index contributed by atoms with van der Waals surface area (Å²) in [6, 6.07) is 7.60. The Kier molecular flexibility index (Phi) is 7.05. The van der Waals surface area contributed by atoms with E-state index in [2.05, 4.69) is 26.0 Å². The van der Waals surface area contributed by atoms with Gasteiger partial charge >= 0.3 is 11.7 Å². The van der Waals surface area contributed by atoms with Gasteiger partial charge in [0, 0.05) is 34.0 Å². The van der Waals surface area contributed by atoms with Crippen LogP contribution in [0.1, 0.15) is 44.5 Å². The summed E-state index contributed by atoms with van der Waals surface area (Å²) in [5.41, 5.74) is -0.313. The van der Waals surface area contributed by atoms with E-state index in [4.69, 9.17) is 16.3 Å². The van der Waals surface area contributed by atoms with Crippen LogP contribution in [-0.4, -0.2) is 26.8 Å². The molecule has 2 aromatic carbocycles. The van der Waals surface area contributed by atoms with Crippen LogP contribution < -0.4 is 10.3 Å². The number of fused-ring (bicyclic) bond motifs is 1. The molecule has 0 aliphatic rings. The van der Waals surface area contributed by atoms with Gasteiger partial charge in [-0.25, -0.2) is 4.98 Å². The van der Waals surface area contributed by atoms with Crippen molar-refractivity contribution in [2.24, 2.45) is 5.10 Å². The van der Waals surface area contributed by atoms with E-state index in [9.17, 15) is 19.7 Å². The number of nitro benzene ring substituents is 1. The predicted octanol–water partition coefficient (Wildman–Crippen LogP) is 5.04. The molecule has 32 heavy (non-hydrogen) atoms. The monoisotopic (exact) mass is 520 g/mol. The Morgan fingerprint density at radius 2 is 2.12 bits per heavy atom. The Labute approximate surface area is 195 Å². The number of carbonyl (C=O) groups excluding carboxylic acids is 1. The van der Waals surface area contributed by atoms with Crippen LogP contribution in [0.25, 0.3) is 10.9 Å². The van der Waals surface area contributed by atoms with Crippen LogP contribution in [-0.2, 0) is 4.79 Å². The van der Waals surface area contributed by atoms with Gasteiger partial charge in [0.25, 0.3) is 5.56 Å². The lowest BCUT2D eigenvalue weighted by Gasteiger charge is -2.14. The summed E-state index contributed by atoms with van der Waals surface area (Å²) >= 11 is 9.37. The van der Waals surface area contributed by atoms with Crippen molar-refractivity contribution in [1.29, 1.82) is 0 Å². The molecule has 0 spiro atoms. The first kappa shape index (κ1) is 23.6. The smallest absolute Gasteiger partial charge is 0.313 e. The van der Waals surface area contributed by atoms with Crippen LogP contribution >= 0.6 is 27.5 Å². The van der Waals surface area contributed by atoms with E-state index in [1.54, 1.807) is 18.2 Å². The highest BCUT2D eigenvalue weighted by Gasteiger charge is 2.22. The lowest BCUT2D eigenvalue weighted by atomic mass is 10.1. The van der Waals surface area contributed by atoms with E-state index < -0.39 is 22.1 Å². The van der Waals surface area contributed by atoms with Gasteiger partial charge in [-0.05, 0) is 30.7 Å². The van der Waals surface area contributed by atoms with E-state index in [1.165, 1.54) is 12.3 Å². The molecule has 3 rings (SSSR count). The number of aromatic nitrogens is 2. The molecule has 1 aromatic heterocycles. The molecule has 1 atom stereocenters. The first-order valence-corrected chi connectivity index (χ1v) is 10.7. The normalized spacial score (nSPS) is 12.3. The van der Waals surface area contributed by atoms with Crippen LogP contribution in [0.15, 0.2) is 44.7 Å². The molecule has 3 aromatic rings. The number of nitrogens with zero attached hydrogens (tertiary/aromatic N) is 4. The van der Waals surface area contributed by atoms with Crippen LogP contribution in [0.3, 0.4) is 0 Å². The average molecular weight is 522 g/mol. The van der Waals surface area contributed by atoms with Crippen molar-refractivity contribution < 1.29 is 14.5 Å². The maximum Gasteiger partial charge on any atom is 0.313 e. The van der Waals surface area contributed by atoms with E-state index in [0.29, 0.717) is 27.6 Å². The third-order valence-corrected chi connectivity index (χ3v) is 5.42. The molecular weight excluding hydrogens is 504 g/mol.